The van der Waals surface area contributed by atoms with E-state index in [0.29, 0.717) is 30.0 Å². The first-order valence-electron chi connectivity index (χ1n) is 12.1. The van der Waals surface area contributed by atoms with Gasteiger partial charge >= 0.3 is 5.97 Å². The molecule has 40 heavy (non-hydrogen) atoms. The van der Waals surface area contributed by atoms with Crippen LogP contribution in [0, 0.1) is 0 Å². The lowest BCUT2D eigenvalue weighted by molar-refractivity contribution is -0.142. The molecule has 0 unspecified atom stereocenters. The van der Waals surface area contributed by atoms with Crippen molar-refractivity contribution >= 4 is 23.7 Å². The van der Waals surface area contributed by atoms with Crippen LogP contribution in [0.3, 0.4) is 0 Å². The largest absolute Gasteiger partial charge is 0.504 e. The number of carboxylic acid groups (broad SMARTS) is 1. The Bertz CT molecular complexity index is 1180. The molecule has 0 saturated heterocycles. The van der Waals surface area contributed by atoms with E-state index in [4.69, 9.17) is 20.9 Å². The van der Waals surface area contributed by atoms with Crippen molar-refractivity contribution in [1.29, 1.82) is 0 Å². The fraction of sp³-hybridized carbons (Fsp3) is 0.385. The molecular weight excluding hydrogens is 526 g/mol. The van der Waals surface area contributed by atoms with Crippen molar-refractivity contribution in [1.82, 2.24) is 10.6 Å². The van der Waals surface area contributed by atoms with Crippen molar-refractivity contribution in [2.45, 2.75) is 44.3 Å². The van der Waals surface area contributed by atoms with Crippen molar-refractivity contribution in [3.8, 4) is 23.0 Å². The molecule has 2 aromatic rings. The predicted octanol–water partition coefficient (Wildman–Crippen LogP) is -0.878. The van der Waals surface area contributed by atoms with Crippen LogP contribution in [0.2, 0.25) is 0 Å². The maximum atomic E-state index is 12.5. The number of hydrogen-bond donors (Lipinski definition) is 8. The Hall–Kier alpha value is -4.56. The lowest BCUT2D eigenvalue weighted by Crippen LogP contribution is -2.54. The van der Waals surface area contributed by atoms with Crippen LogP contribution in [0.4, 0.5) is 0 Å². The second-order valence-corrected chi connectivity index (χ2v) is 8.66. The number of primary amides is 1. The number of carbonyl (C=O) groups excluding carboxylic acids is 3. The molecule has 14 nitrogen and oxygen atoms in total. The Labute approximate surface area is 231 Å². The number of hydrogen-bond acceptors (Lipinski definition) is 10. The molecule has 0 heterocycles. The van der Waals surface area contributed by atoms with Gasteiger partial charge in [0.25, 0.3) is 0 Å². The van der Waals surface area contributed by atoms with Crippen LogP contribution in [0.25, 0.3) is 0 Å². The van der Waals surface area contributed by atoms with Crippen molar-refractivity contribution in [3.05, 3.63) is 47.5 Å². The van der Waals surface area contributed by atoms with Crippen LogP contribution in [0.15, 0.2) is 36.4 Å². The standard InChI is InChI=1S/C23H29N3O8.C3H8N2O/c1-12(21(29)26-16(23(31)32)9-14-4-6-17(27)18(28)10-14)25-22(30)15(24)8-13-5-7-19(33-2)20(11-13)34-3;4-2-1-3(5)6/h4-7,10-12,15-16,27-28H,8-9,24H2,1-3H3,(H,25,30)(H,26,29)(H,31,32);1-2,4H2,(H2,5,6)/t12-,15+,16+;/m1./s1. The number of amides is 3. The number of aliphatic carboxylic acids is 1. The van der Waals surface area contributed by atoms with E-state index >= 15 is 0 Å². The van der Waals surface area contributed by atoms with Crippen molar-refractivity contribution in [3.63, 3.8) is 0 Å². The molecule has 0 bridgehead atoms. The minimum atomic E-state index is -1.32. The molecule has 0 aromatic heterocycles. The molecular formula is C26H37N5O9. The van der Waals surface area contributed by atoms with E-state index in [2.05, 4.69) is 16.4 Å². The van der Waals surface area contributed by atoms with Gasteiger partial charge in [-0.05, 0) is 48.7 Å². The Morgan fingerprint density at radius 2 is 1.48 bits per heavy atom. The third kappa shape index (κ3) is 11.0. The fourth-order valence-corrected chi connectivity index (χ4v) is 3.31. The van der Waals surface area contributed by atoms with Crippen molar-refractivity contribution in [2.24, 2.45) is 17.2 Å². The van der Waals surface area contributed by atoms with Crippen LogP contribution < -0.4 is 37.3 Å². The number of nitrogens with two attached hydrogens (primary N) is 3. The lowest BCUT2D eigenvalue weighted by atomic mass is 10.0. The monoisotopic (exact) mass is 563 g/mol. The SMILES string of the molecule is COc1ccc(C[C@H](N)C(=O)N[C@H](C)C(=O)N[C@@H](Cc2ccc(O)c(O)c2)C(=O)O)cc1OC.NCCC(N)=O. The molecule has 14 heteroatoms. The Morgan fingerprint density at radius 3 is 1.98 bits per heavy atom. The van der Waals surface area contributed by atoms with E-state index in [9.17, 15) is 34.5 Å². The summed E-state index contributed by atoms with van der Waals surface area (Å²) in [5.41, 5.74) is 16.7. The van der Waals surface area contributed by atoms with E-state index in [1.165, 1.54) is 39.3 Å². The zero-order valence-electron chi connectivity index (χ0n) is 22.5. The quantitative estimate of drug-likeness (QED) is 0.139. The third-order valence-electron chi connectivity index (χ3n) is 5.48. The zero-order chi connectivity index (χ0) is 30.4. The summed E-state index contributed by atoms with van der Waals surface area (Å²) < 4.78 is 10.4. The molecule has 3 atom stereocenters. The number of nitrogens with one attached hydrogen (secondary N) is 2. The molecule has 11 N–H and O–H groups in total. The summed E-state index contributed by atoms with van der Waals surface area (Å²) in [5.74, 6) is -2.68. The van der Waals surface area contributed by atoms with Crippen LogP contribution in [-0.4, -0.2) is 77.9 Å². The first-order chi connectivity index (χ1) is 18.8. The van der Waals surface area contributed by atoms with Gasteiger partial charge in [-0.25, -0.2) is 4.79 Å². The minimum absolute atomic E-state index is 0.144. The summed E-state index contributed by atoms with van der Waals surface area (Å²) in [6.45, 7) is 1.76. The molecule has 0 saturated carbocycles. The average Bonchev–Trinajstić information content (AvgIpc) is 2.90. The maximum absolute atomic E-state index is 12.5. The number of carbonyl (C=O) groups is 4. The van der Waals surface area contributed by atoms with Crippen LogP contribution in [0.1, 0.15) is 24.5 Å². The lowest BCUT2D eigenvalue weighted by Gasteiger charge is -2.20. The van der Waals surface area contributed by atoms with Gasteiger partial charge in [0, 0.05) is 19.4 Å². The van der Waals surface area contributed by atoms with Crippen molar-refractivity contribution < 1.29 is 44.0 Å². The molecule has 0 aliphatic heterocycles. The number of phenolic OH excluding ortho intramolecular Hbond substituents is 2. The van der Waals surface area contributed by atoms with Gasteiger partial charge in [0.05, 0.1) is 20.3 Å². The third-order valence-corrected chi connectivity index (χ3v) is 5.48. The first kappa shape index (κ1) is 33.5. The van der Waals surface area contributed by atoms with Crippen molar-refractivity contribution in [2.75, 3.05) is 20.8 Å². The summed E-state index contributed by atoms with van der Waals surface area (Å²) in [6, 6.07) is 5.62. The number of carboxylic acids is 1. The van der Waals surface area contributed by atoms with E-state index in [0.717, 1.165) is 5.56 Å². The van der Waals surface area contributed by atoms with E-state index < -0.39 is 41.7 Å². The van der Waals surface area contributed by atoms with E-state index in [1.807, 2.05) is 0 Å². The molecule has 2 aromatic carbocycles. The van der Waals surface area contributed by atoms with E-state index in [1.54, 1.807) is 18.2 Å². The molecule has 220 valence electrons. The summed E-state index contributed by atoms with van der Waals surface area (Å²) >= 11 is 0. The highest BCUT2D eigenvalue weighted by atomic mass is 16.5. The predicted molar refractivity (Wildman–Crippen MR) is 145 cm³/mol. The summed E-state index contributed by atoms with van der Waals surface area (Å²) in [6.07, 6.45) is 0.316. The van der Waals surface area contributed by atoms with E-state index in [-0.39, 0.29) is 24.5 Å². The van der Waals surface area contributed by atoms with Gasteiger partial charge in [0.2, 0.25) is 17.7 Å². The van der Waals surface area contributed by atoms with Gasteiger partial charge in [0.1, 0.15) is 12.1 Å². The second kappa shape index (κ2) is 16.4. The highest BCUT2D eigenvalue weighted by molar-refractivity contribution is 5.91. The van der Waals surface area contributed by atoms with Gasteiger partial charge in [-0.2, -0.15) is 0 Å². The molecule has 2 rings (SSSR count). The fourth-order valence-electron chi connectivity index (χ4n) is 3.31. The molecule has 0 aliphatic carbocycles. The summed E-state index contributed by atoms with van der Waals surface area (Å²) in [4.78, 5) is 46.3. The number of benzene rings is 2. The van der Waals surface area contributed by atoms with Crippen LogP contribution >= 0.6 is 0 Å². The van der Waals surface area contributed by atoms with Gasteiger partial charge in [0.15, 0.2) is 23.0 Å². The number of rotatable bonds is 13. The zero-order valence-corrected chi connectivity index (χ0v) is 22.5. The Balaban J connectivity index is 0.00000120. The molecule has 0 spiro atoms. The van der Waals surface area contributed by atoms with Gasteiger partial charge in [-0.3, -0.25) is 14.4 Å². The molecule has 0 radical (unpaired) electrons. The summed E-state index contributed by atoms with van der Waals surface area (Å²) in [5, 5.41) is 33.2. The topological polar surface area (TPSA) is 250 Å². The van der Waals surface area contributed by atoms with Gasteiger partial charge in [-0.1, -0.05) is 12.1 Å². The molecule has 0 aliphatic rings. The number of methoxy groups -OCH3 is 2. The van der Waals surface area contributed by atoms with Crippen LogP contribution in [0.5, 0.6) is 23.0 Å². The molecule has 0 fully saturated rings. The normalized spacial score (nSPS) is 12.5. The summed E-state index contributed by atoms with van der Waals surface area (Å²) in [7, 11) is 3.00. The highest BCUT2D eigenvalue weighted by Gasteiger charge is 2.26. The highest BCUT2D eigenvalue weighted by Crippen LogP contribution is 2.28. The molecule has 3 amide bonds. The maximum Gasteiger partial charge on any atom is 0.326 e. The van der Waals surface area contributed by atoms with Gasteiger partial charge in [-0.15, -0.1) is 0 Å². The average molecular weight is 564 g/mol. The number of aromatic hydroxyl groups is 2. The second-order valence-electron chi connectivity index (χ2n) is 8.66. The van der Waals surface area contributed by atoms with Crippen LogP contribution in [-0.2, 0) is 32.0 Å². The Morgan fingerprint density at radius 1 is 0.875 bits per heavy atom. The smallest absolute Gasteiger partial charge is 0.326 e. The van der Waals surface area contributed by atoms with Gasteiger partial charge < -0.3 is 52.6 Å². The number of phenols is 2. The minimum Gasteiger partial charge on any atom is -0.504 e. The first-order valence-corrected chi connectivity index (χ1v) is 12.1. The Kier molecular flexibility index (Phi) is 13.7. The number of ether oxygens (including phenoxy) is 2.